The summed E-state index contributed by atoms with van der Waals surface area (Å²) in [6.45, 7) is 0. The van der Waals surface area contributed by atoms with E-state index in [1.807, 2.05) is 17.0 Å². The Morgan fingerprint density at radius 2 is 1.55 bits per heavy atom. The molecule has 3 atom stereocenters. The van der Waals surface area contributed by atoms with Crippen LogP contribution in [-0.2, 0) is 0 Å². The van der Waals surface area contributed by atoms with E-state index in [1.54, 1.807) is 92.1 Å². The standard InChI is InChI=1S/C34H24FNO4/c1-40-24-11-7-10-22(19-24)29-30(31(37)20-8-3-2-4-9-20)36-27-16-15-23(35)18-21(27)14-17-28(36)34(29)32(38)25-12-5-6-13-26(25)33(34)39/h2-19,28-30H,1H3/t28-,29-,30-/m1/s1. The third-order valence-corrected chi connectivity index (χ3v) is 8.55. The van der Waals surface area contributed by atoms with Crippen LogP contribution < -0.4 is 9.64 Å². The van der Waals surface area contributed by atoms with Gasteiger partial charge in [0.2, 0.25) is 0 Å². The topological polar surface area (TPSA) is 63.7 Å². The number of fused-ring (bicyclic) bond motifs is 5. The third kappa shape index (κ3) is 3.16. The summed E-state index contributed by atoms with van der Waals surface area (Å²) in [7, 11) is 1.55. The van der Waals surface area contributed by atoms with Crippen molar-refractivity contribution in [1.82, 2.24) is 0 Å². The van der Waals surface area contributed by atoms with E-state index in [4.69, 9.17) is 4.74 Å². The Morgan fingerprint density at radius 3 is 2.25 bits per heavy atom. The largest absolute Gasteiger partial charge is 0.497 e. The average Bonchev–Trinajstić information content (AvgIpc) is 3.43. The van der Waals surface area contributed by atoms with Gasteiger partial charge in [0.1, 0.15) is 23.0 Å². The van der Waals surface area contributed by atoms with Gasteiger partial charge in [0.05, 0.1) is 13.2 Å². The molecule has 0 amide bonds. The van der Waals surface area contributed by atoms with E-state index in [9.17, 15) is 18.8 Å². The molecule has 3 aliphatic rings. The predicted molar refractivity (Wildman–Crippen MR) is 150 cm³/mol. The van der Waals surface area contributed by atoms with E-state index in [-0.39, 0.29) is 17.3 Å². The quantitative estimate of drug-likeness (QED) is 0.234. The maximum atomic E-state index is 14.6. The Balaban J connectivity index is 1.56. The fourth-order valence-corrected chi connectivity index (χ4v) is 6.93. The Morgan fingerprint density at radius 1 is 0.850 bits per heavy atom. The Labute approximate surface area is 230 Å². The second-order valence-electron chi connectivity index (χ2n) is 10.4. The van der Waals surface area contributed by atoms with Gasteiger partial charge in [-0.15, -0.1) is 0 Å². The SMILES string of the molecule is COc1cccc([C@@H]2[C@H](C(=O)c3ccccc3)N3c4ccc(F)cc4C=C[C@@H]3C23C(=O)c2ccccc2C3=O)c1. The molecule has 1 spiro atoms. The number of carbonyl (C=O) groups excluding carboxylic acids is 3. The molecular weight excluding hydrogens is 505 g/mol. The summed E-state index contributed by atoms with van der Waals surface area (Å²) in [5.74, 6) is -1.56. The summed E-state index contributed by atoms with van der Waals surface area (Å²) in [5, 5.41) is 0. The van der Waals surface area contributed by atoms with Crippen LogP contribution >= 0.6 is 0 Å². The second-order valence-corrected chi connectivity index (χ2v) is 10.4. The van der Waals surface area contributed by atoms with Crippen LogP contribution in [-0.4, -0.2) is 36.5 Å². The molecule has 2 heterocycles. The van der Waals surface area contributed by atoms with Crippen molar-refractivity contribution in [3.63, 3.8) is 0 Å². The van der Waals surface area contributed by atoms with E-state index >= 15 is 0 Å². The molecule has 1 saturated heterocycles. The molecule has 0 aromatic heterocycles. The number of rotatable bonds is 4. The highest BCUT2D eigenvalue weighted by Crippen LogP contribution is 2.61. The molecule has 0 unspecified atom stereocenters. The van der Waals surface area contributed by atoms with Crippen molar-refractivity contribution in [2.24, 2.45) is 5.41 Å². The van der Waals surface area contributed by atoms with Gasteiger partial charge in [0, 0.05) is 33.9 Å². The van der Waals surface area contributed by atoms with Gasteiger partial charge in [-0.05, 0) is 35.9 Å². The molecule has 0 bridgehead atoms. The van der Waals surface area contributed by atoms with Crippen LogP contribution in [0.4, 0.5) is 10.1 Å². The lowest BCUT2D eigenvalue weighted by Gasteiger charge is -2.37. The van der Waals surface area contributed by atoms with Crippen LogP contribution in [0.3, 0.4) is 0 Å². The maximum Gasteiger partial charge on any atom is 0.185 e. The lowest BCUT2D eigenvalue weighted by Crippen LogP contribution is -2.48. The van der Waals surface area contributed by atoms with Crippen LogP contribution in [0.1, 0.15) is 48.1 Å². The van der Waals surface area contributed by atoms with Crippen molar-refractivity contribution >= 4 is 29.1 Å². The number of methoxy groups -OCH3 is 1. The van der Waals surface area contributed by atoms with E-state index < -0.39 is 29.2 Å². The number of benzene rings is 4. The smallest absolute Gasteiger partial charge is 0.185 e. The highest BCUT2D eigenvalue weighted by atomic mass is 19.1. The highest BCUT2D eigenvalue weighted by Gasteiger charge is 2.71. The van der Waals surface area contributed by atoms with Crippen molar-refractivity contribution < 1.29 is 23.5 Å². The predicted octanol–water partition coefficient (Wildman–Crippen LogP) is 6.15. The Bertz CT molecular complexity index is 1710. The molecule has 1 aliphatic carbocycles. The number of anilines is 1. The molecular formula is C34H24FNO4. The summed E-state index contributed by atoms with van der Waals surface area (Å²) in [5.41, 5.74) is 1.38. The van der Waals surface area contributed by atoms with Gasteiger partial charge < -0.3 is 9.64 Å². The summed E-state index contributed by atoms with van der Waals surface area (Å²) in [6.07, 6.45) is 3.54. The maximum absolute atomic E-state index is 14.6. The summed E-state index contributed by atoms with van der Waals surface area (Å²) >= 11 is 0. The number of nitrogens with zero attached hydrogens (tertiary/aromatic N) is 1. The molecule has 4 aromatic carbocycles. The van der Waals surface area contributed by atoms with Crippen LogP contribution in [0.15, 0.2) is 103 Å². The molecule has 4 aromatic rings. The molecule has 5 nitrogen and oxygen atoms in total. The van der Waals surface area contributed by atoms with Gasteiger partial charge in [-0.1, -0.05) is 78.9 Å². The first-order chi connectivity index (χ1) is 19.5. The number of Topliss-reactive ketones (excluding diaryl/α,β-unsaturated/α-hetero) is 3. The molecule has 7 rings (SSSR count). The van der Waals surface area contributed by atoms with Crippen LogP contribution in [0, 0.1) is 11.2 Å². The molecule has 196 valence electrons. The van der Waals surface area contributed by atoms with E-state index in [2.05, 4.69) is 0 Å². The van der Waals surface area contributed by atoms with Gasteiger partial charge in [0.25, 0.3) is 0 Å². The summed E-state index contributed by atoms with van der Waals surface area (Å²) in [6, 6.07) is 25.7. The fraction of sp³-hybridized carbons (Fsp3) is 0.147. The number of ether oxygens (including phenoxy) is 1. The van der Waals surface area contributed by atoms with Gasteiger partial charge >= 0.3 is 0 Å². The van der Waals surface area contributed by atoms with E-state index in [0.29, 0.717) is 39.3 Å². The first kappa shape index (κ1) is 24.2. The summed E-state index contributed by atoms with van der Waals surface area (Å²) in [4.78, 5) is 45.6. The zero-order chi connectivity index (χ0) is 27.6. The Kier molecular flexibility index (Phi) is 5.36. The first-order valence-corrected chi connectivity index (χ1v) is 13.1. The van der Waals surface area contributed by atoms with Crippen LogP contribution in [0.25, 0.3) is 6.08 Å². The zero-order valence-electron chi connectivity index (χ0n) is 21.6. The molecule has 6 heteroatoms. The zero-order valence-corrected chi connectivity index (χ0v) is 21.6. The molecule has 0 saturated carbocycles. The monoisotopic (exact) mass is 529 g/mol. The highest BCUT2D eigenvalue weighted by molar-refractivity contribution is 6.32. The fourth-order valence-electron chi connectivity index (χ4n) is 6.93. The van der Waals surface area contributed by atoms with Crippen molar-refractivity contribution in [2.45, 2.75) is 18.0 Å². The van der Waals surface area contributed by atoms with Crippen molar-refractivity contribution in [3.05, 3.63) is 137 Å². The van der Waals surface area contributed by atoms with Crippen molar-refractivity contribution in [2.75, 3.05) is 12.0 Å². The Hall–Kier alpha value is -4.84. The van der Waals surface area contributed by atoms with Crippen LogP contribution in [0.2, 0.25) is 0 Å². The average molecular weight is 530 g/mol. The molecule has 1 fully saturated rings. The van der Waals surface area contributed by atoms with Gasteiger partial charge in [0.15, 0.2) is 17.3 Å². The van der Waals surface area contributed by atoms with Crippen LogP contribution in [0.5, 0.6) is 5.75 Å². The first-order valence-electron chi connectivity index (χ1n) is 13.1. The number of hydrogen-bond donors (Lipinski definition) is 0. The lowest BCUT2D eigenvalue weighted by atomic mass is 9.64. The minimum Gasteiger partial charge on any atom is -0.497 e. The number of ketones is 3. The van der Waals surface area contributed by atoms with Gasteiger partial charge in [-0.25, -0.2) is 4.39 Å². The van der Waals surface area contributed by atoms with E-state index in [1.165, 1.54) is 12.1 Å². The molecule has 40 heavy (non-hydrogen) atoms. The van der Waals surface area contributed by atoms with E-state index in [0.717, 1.165) is 0 Å². The lowest BCUT2D eigenvalue weighted by molar-refractivity contribution is 0.0665. The third-order valence-electron chi connectivity index (χ3n) is 8.55. The normalized spacial score (nSPS) is 21.8. The minimum absolute atomic E-state index is 0.225. The second kappa shape index (κ2) is 8.85. The number of hydrogen-bond acceptors (Lipinski definition) is 5. The molecule has 2 aliphatic heterocycles. The minimum atomic E-state index is -1.62. The summed E-state index contributed by atoms with van der Waals surface area (Å²) < 4.78 is 19.9. The molecule has 0 radical (unpaired) electrons. The molecule has 0 N–H and O–H groups in total. The van der Waals surface area contributed by atoms with Gasteiger partial charge in [-0.3, -0.25) is 14.4 Å². The number of halogens is 1. The number of carbonyl (C=O) groups is 3. The van der Waals surface area contributed by atoms with Crippen molar-refractivity contribution in [3.8, 4) is 5.75 Å². The van der Waals surface area contributed by atoms with Crippen molar-refractivity contribution in [1.29, 1.82) is 0 Å². The van der Waals surface area contributed by atoms with Gasteiger partial charge in [-0.2, -0.15) is 0 Å².